The molecule has 0 spiro atoms. The van der Waals surface area contributed by atoms with Gasteiger partial charge in [-0.15, -0.1) is 0 Å². The van der Waals surface area contributed by atoms with Crippen molar-refractivity contribution in [2.24, 2.45) is 28.6 Å². The van der Waals surface area contributed by atoms with Gasteiger partial charge in [-0.25, -0.2) is 13.6 Å². The fourth-order valence-corrected chi connectivity index (χ4v) is 7.35. The summed E-state index contributed by atoms with van der Waals surface area (Å²) < 4.78 is 43.4. The molecule has 0 aromatic carbocycles. The molecule has 0 aliphatic heterocycles. The number of alkyl halides is 2. The third kappa shape index (κ3) is 2.63. The van der Waals surface area contributed by atoms with Crippen molar-refractivity contribution >= 4 is 11.8 Å². The van der Waals surface area contributed by atoms with E-state index in [1.165, 1.54) is 30.6 Å². The van der Waals surface area contributed by atoms with E-state index in [1.807, 2.05) is 13.8 Å². The molecule has 5 nitrogen and oxygen atoms in total. The van der Waals surface area contributed by atoms with E-state index in [2.05, 4.69) is 0 Å². The first kappa shape index (κ1) is 21.6. The fourth-order valence-electron chi connectivity index (χ4n) is 7.35. The first-order valence-electron chi connectivity index (χ1n) is 11.2. The molecule has 0 unspecified atom stereocenters. The number of ketones is 1. The maximum atomic E-state index is 17.0. The van der Waals surface area contributed by atoms with Crippen LogP contribution in [0.3, 0.4) is 0 Å². The highest BCUT2D eigenvalue weighted by Gasteiger charge is 2.73. The van der Waals surface area contributed by atoms with E-state index in [0.717, 1.165) is 0 Å². The number of esters is 1. The molecule has 5 rings (SSSR count). The lowest BCUT2D eigenvalue weighted by atomic mass is 9.45. The van der Waals surface area contributed by atoms with Crippen LogP contribution in [-0.4, -0.2) is 40.9 Å². The van der Waals surface area contributed by atoms with Crippen LogP contribution in [0.4, 0.5) is 8.78 Å². The van der Waals surface area contributed by atoms with Crippen LogP contribution in [0.2, 0.25) is 0 Å². The van der Waals surface area contributed by atoms with Crippen LogP contribution in [0.1, 0.15) is 50.6 Å². The second-order valence-corrected chi connectivity index (χ2v) is 10.5. The number of carbonyl (C=O) groups excluding carboxylic acids is 2. The van der Waals surface area contributed by atoms with Crippen molar-refractivity contribution in [2.45, 2.75) is 64.1 Å². The van der Waals surface area contributed by atoms with Gasteiger partial charge in [0.2, 0.25) is 5.76 Å². The summed E-state index contributed by atoms with van der Waals surface area (Å²) in [6.07, 6.45) is 2.37. The number of hydrogen-bond donors (Lipinski definition) is 1. The Morgan fingerprint density at radius 2 is 2.03 bits per heavy atom. The molecule has 0 amide bonds. The van der Waals surface area contributed by atoms with Gasteiger partial charge in [-0.1, -0.05) is 19.9 Å². The Balaban J connectivity index is 1.53. The summed E-state index contributed by atoms with van der Waals surface area (Å²) in [6, 6.07) is 3.11. The van der Waals surface area contributed by atoms with Crippen LogP contribution in [0, 0.1) is 28.6 Å². The minimum Gasteiger partial charge on any atom is -0.457 e. The Labute approximate surface area is 185 Å². The molecular weight excluding hydrogens is 418 g/mol. The van der Waals surface area contributed by atoms with E-state index in [4.69, 9.17) is 9.15 Å². The number of hydrogen-bond acceptors (Lipinski definition) is 5. The summed E-state index contributed by atoms with van der Waals surface area (Å²) in [7, 11) is 0. The van der Waals surface area contributed by atoms with Gasteiger partial charge in [-0.05, 0) is 67.9 Å². The molecule has 3 fully saturated rings. The number of halogens is 2. The second-order valence-electron chi connectivity index (χ2n) is 10.5. The summed E-state index contributed by atoms with van der Waals surface area (Å²) in [6.45, 7) is 5.43. The zero-order chi connectivity index (χ0) is 23.1. The summed E-state index contributed by atoms with van der Waals surface area (Å²) in [5, 5.41) is 11.3. The van der Waals surface area contributed by atoms with Crippen molar-refractivity contribution in [1.29, 1.82) is 0 Å². The summed E-state index contributed by atoms with van der Waals surface area (Å²) in [5.74, 6) is -2.04. The van der Waals surface area contributed by atoms with Gasteiger partial charge in [-0.2, -0.15) is 0 Å². The zero-order valence-corrected chi connectivity index (χ0v) is 18.4. The Morgan fingerprint density at radius 3 is 2.72 bits per heavy atom. The van der Waals surface area contributed by atoms with Gasteiger partial charge >= 0.3 is 5.97 Å². The summed E-state index contributed by atoms with van der Waals surface area (Å²) in [5.41, 5.74) is -4.14. The monoisotopic (exact) mass is 446 g/mol. The third-order valence-corrected chi connectivity index (χ3v) is 8.81. The number of rotatable bonds is 2. The molecule has 1 aromatic rings. The van der Waals surface area contributed by atoms with Crippen LogP contribution >= 0.6 is 0 Å². The quantitative estimate of drug-likeness (QED) is 0.683. The number of aliphatic hydroxyl groups excluding tert-OH is 1. The van der Waals surface area contributed by atoms with Crippen LogP contribution in [0.15, 0.2) is 46.6 Å². The number of allylic oxidation sites excluding steroid dienone is 4. The molecule has 9 atom stereocenters. The van der Waals surface area contributed by atoms with Gasteiger partial charge in [-0.3, -0.25) is 4.79 Å². The molecule has 32 heavy (non-hydrogen) atoms. The van der Waals surface area contributed by atoms with Gasteiger partial charge in [0.15, 0.2) is 11.5 Å². The van der Waals surface area contributed by atoms with Crippen LogP contribution in [0.25, 0.3) is 0 Å². The molecule has 0 saturated heterocycles. The van der Waals surface area contributed by atoms with Crippen molar-refractivity contribution in [3.63, 3.8) is 0 Å². The molecule has 0 radical (unpaired) electrons. The zero-order valence-electron chi connectivity index (χ0n) is 18.4. The lowest BCUT2D eigenvalue weighted by molar-refractivity contribution is -0.207. The largest absolute Gasteiger partial charge is 0.457 e. The first-order chi connectivity index (χ1) is 15.0. The van der Waals surface area contributed by atoms with E-state index < -0.39 is 46.8 Å². The van der Waals surface area contributed by atoms with Gasteiger partial charge in [0.1, 0.15) is 12.3 Å². The maximum Gasteiger partial charge on any atom is 0.374 e. The standard InChI is InChI=1S/C25H28F2O5/c1-13-9-15-16-11-18(26)17-10-14(28)6-7-24(17,3)25(16,27)20(29)12-23(15,2)21(13)32-22(30)19-5-4-8-31-19/h4-8,10,13,15-16,18,20-21,29H,9,11-12H2,1-3H3/t13-,15+,16+,18+,20+,21+,23+,24+,25+/m1/s1. The minimum absolute atomic E-state index is 0.0761. The Morgan fingerprint density at radius 1 is 1.28 bits per heavy atom. The molecular formula is C25H28F2O5. The molecule has 172 valence electrons. The van der Waals surface area contributed by atoms with Crippen LogP contribution < -0.4 is 0 Å². The van der Waals surface area contributed by atoms with E-state index in [1.54, 1.807) is 13.0 Å². The van der Waals surface area contributed by atoms with E-state index in [0.29, 0.717) is 6.42 Å². The number of fused-ring (bicyclic) bond motifs is 5. The average Bonchev–Trinajstić information content (AvgIpc) is 3.35. The van der Waals surface area contributed by atoms with Crippen molar-refractivity contribution in [1.82, 2.24) is 0 Å². The molecule has 1 heterocycles. The highest BCUT2D eigenvalue weighted by molar-refractivity contribution is 6.01. The molecule has 4 aliphatic carbocycles. The Bertz CT molecular complexity index is 1020. The van der Waals surface area contributed by atoms with Crippen LogP contribution in [-0.2, 0) is 9.53 Å². The molecule has 0 bridgehead atoms. The number of ether oxygens (including phenoxy) is 1. The van der Waals surface area contributed by atoms with Crippen molar-refractivity contribution in [3.05, 3.63) is 48.0 Å². The average molecular weight is 446 g/mol. The van der Waals surface area contributed by atoms with Gasteiger partial charge in [0, 0.05) is 16.7 Å². The van der Waals surface area contributed by atoms with Crippen LogP contribution in [0.5, 0.6) is 0 Å². The van der Waals surface area contributed by atoms with Gasteiger partial charge in [0.25, 0.3) is 0 Å². The maximum absolute atomic E-state index is 17.0. The predicted molar refractivity (Wildman–Crippen MR) is 111 cm³/mol. The Hall–Kier alpha value is -2.28. The molecule has 1 N–H and O–H groups in total. The van der Waals surface area contributed by atoms with Gasteiger partial charge < -0.3 is 14.3 Å². The van der Waals surface area contributed by atoms with E-state index in [9.17, 15) is 14.7 Å². The fraction of sp³-hybridized carbons (Fsp3) is 0.600. The highest BCUT2D eigenvalue weighted by atomic mass is 19.1. The molecule has 4 aliphatic rings. The van der Waals surface area contributed by atoms with E-state index in [-0.39, 0.29) is 41.8 Å². The third-order valence-electron chi connectivity index (χ3n) is 8.81. The lowest BCUT2D eigenvalue weighted by Crippen LogP contribution is -2.68. The molecule has 3 saturated carbocycles. The lowest BCUT2D eigenvalue weighted by Gasteiger charge is -2.62. The molecule has 7 heteroatoms. The summed E-state index contributed by atoms with van der Waals surface area (Å²) in [4.78, 5) is 24.5. The SMILES string of the molecule is C[C@@H]1C[C@H]2[C@@H]3C[C@H](F)C4=CC(=O)C=C[C@]4(C)[C@@]3(F)[C@@H](O)C[C@]2(C)[C@H]1OC(=O)c1ccco1. The summed E-state index contributed by atoms with van der Waals surface area (Å²) >= 11 is 0. The minimum atomic E-state index is -2.12. The second kappa shape index (κ2) is 6.86. The van der Waals surface area contributed by atoms with Crippen molar-refractivity contribution in [3.8, 4) is 0 Å². The first-order valence-corrected chi connectivity index (χ1v) is 11.2. The van der Waals surface area contributed by atoms with Crippen molar-refractivity contribution < 1.29 is 32.6 Å². The number of furan rings is 1. The predicted octanol–water partition coefficient (Wildman–Crippen LogP) is 4.37. The highest BCUT2D eigenvalue weighted by Crippen LogP contribution is 2.69. The van der Waals surface area contributed by atoms with E-state index >= 15 is 8.78 Å². The van der Waals surface area contributed by atoms with Crippen molar-refractivity contribution in [2.75, 3.05) is 0 Å². The number of carbonyl (C=O) groups is 2. The Kier molecular flexibility index (Phi) is 4.62. The molecule has 1 aromatic heterocycles. The van der Waals surface area contributed by atoms with Gasteiger partial charge in [0.05, 0.1) is 12.4 Å². The smallest absolute Gasteiger partial charge is 0.374 e. The topological polar surface area (TPSA) is 76.7 Å². The normalized spacial score (nSPS) is 47.3. The number of aliphatic hydroxyl groups is 1.